The molecule has 5 aliphatic carbocycles. The third-order valence-electron chi connectivity index (χ3n) is 12.1. The average molecular weight is 496 g/mol. The Balaban J connectivity index is 1.17. The average Bonchev–Trinajstić information content (AvgIpc) is 2.88. The van der Waals surface area contributed by atoms with E-state index < -0.39 is 15.2 Å². The molecule has 2 spiro atoms. The number of carbonyl (C=O) groups excluding carboxylic acids is 1. The fraction of sp³-hybridized carbons (Fsp3) is 0.967. The van der Waals surface area contributed by atoms with Crippen molar-refractivity contribution in [2.24, 2.45) is 46.3 Å². The van der Waals surface area contributed by atoms with E-state index in [1.165, 1.54) is 89.9 Å². The van der Waals surface area contributed by atoms with Crippen LogP contribution in [0.25, 0.3) is 0 Å². The van der Waals surface area contributed by atoms with Crippen molar-refractivity contribution in [3.63, 3.8) is 0 Å². The summed E-state index contributed by atoms with van der Waals surface area (Å²) in [5, 5.41) is 0. The number of rotatable bonds is 4. The summed E-state index contributed by atoms with van der Waals surface area (Å²) in [4.78, 5) is 13.9. The molecule has 3 heteroatoms. The van der Waals surface area contributed by atoms with Gasteiger partial charge in [-0.15, -0.1) is 0 Å². The molecule has 5 saturated carbocycles. The van der Waals surface area contributed by atoms with Crippen molar-refractivity contribution in [3.8, 4) is 0 Å². The lowest BCUT2D eigenvalue weighted by molar-refractivity contribution is -0.173. The Labute approximate surface area is 213 Å². The van der Waals surface area contributed by atoms with Crippen molar-refractivity contribution >= 4 is 29.0 Å². The summed E-state index contributed by atoms with van der Waals surface area (Å²) in [6, 6.07) is 0. The molecule has 0 N–H and O–H groups in total. The van der Waals surface area contributed by atoms with Crippen LogP contribution < -0.4 is 0 Å². The molecule has 0 atom stereocenters. The maximum atomic E-state index is 13.9. The molecular formula is C30H48Cl2O. The van der Waals surface area contributed by atoms with Crippen LogP contribution in [0.3, 0.4) is 0 Å². The molecule has 5 aliphatic rings. The zero-order valence-corrected chi connectivity index (χ0v) is 22.9. The SMILES string of the molecule is CCC1CCC(C2CC[C@]3(CC2)C(=O)[C@@]2(CC[C@@H](C4CCC(CC)CC4)CC2)C3(Cl)Cl)CC1. The zero-order valence-electron chi connectivity index (χ0n) is 21.4. The molecule has 5 rings (SSSR count). The lowest BCUT2D eigenvalue weighted by Crippen LogP contribution is -2.74. The van der Waals surface area contributed by atoms with Crippen LogP contribution in [-0.4, -0.2) is 10.1 Å². The van der Waals surface area contributed by atoms with Crippen molar-refractivity contribution in [2.45, 2.75) is 134 Å². The van der Waals surface area contributed by atoms with Gasteiger partial charge in [-0.2, -0.15) is 0 Å². The Morgan fingerprint density at radius 3 is 1.15 bits per heavy atom. The summed E-state index contributed by atoms with van der Waals surface area (Å²) in [7, 11) is 0. The van der Waals surface area contributed by atoms with Crippen LogP contribution in [0.1, 0.15) is 129 Å². The smallest absolute Gasteiger partial charge is 0.151 e. The second kappa shape index (κ2) is 9.61. The molecule has 0 radical (unpaired) electrons. The van der Waals surface area contributed by atoms with Crippen molar-refractivity contribution in [2.75, 3.05) is 0 Å². The van der Waals surface area contributed by atoms with Crippen LogP contribution in [0.15, 0.2) is 0 Å². The van der Waals surface area contributed by atoms with Gasteiger partial charge in [0.15, 0.2) is 5.78 Å². The van der Waals surface area contributed by atoms with E-state index in [1.807, 2.05) is 0 Å². The first-order valence-corrected chi connectivity index (χ1v) is 15.5. The van der Waals surface area contributed by atoms with E-state index in [4.69, 9.17) is 23.2 Å². The summed E-state index contributed by atoms with van der Waals surface area (Å²) in [6.45, 7) is 4.69. The Morgan fingerprint density at radius 2 is 0.879 bits per heavy atom. The maximum absolute atomic E-state index is 13.9. The van der Waals surface area contributed by atoms with E-state index in [0.717, 1.165) is 61.2 Å². The van der Waals surface area contributed by atoms with E-state index in [9.17, 15) is 4.79 Å². The molecule has 0 aromatic carbocycles. The lowest BCUT2D eigenvalue weighted by atomic mass is 9.41. The zero-order chi connectivity index (χ0) is 23.3. The first-order valence-electron chi connectivity index (χ1n) is 14.8. The Bertz CT molecular complexity index is 626. The van der Waals surface area contributed by atoms with Crippen LogP contribution in [0, 0.1) is 46.3 Å². The van der Waals surface area contributed by atoms with Crippen molar-refractivity contribution in [1.29, 1.82) is 0 Å². The highest BCUT2D eigenvalue weighted by Crippen LogP contribution is 2.75. The van der Waals surface area contributed by atoms with Crippen molar-refractivity contribution in [3.05, 3.63) is 0 Å². The Hall–Kier alpha value is 0.250. The third-order valence-corrected chi connectivity index (χ3v) is 13.6. The van der Waals surface area contributed by atoms with Gasteiger partial charge in [0.25, 0.3) is 0 Å². The predicted octanol–water partition coefficient (Wildman–Crippen LogP) is 9.53. The van der Waals surface area contributed by atoms with Gasteiger partial charge in [0.05, 0.1) is 10.8 Å². The topological polar surface area (TPSA) is 17.1 Å². The molecule has 0 aliphatic heterocycles. The summed E-state index contributed by atoms with van der Waals surface area (Å²) >= 11 is 14.5. The van der Waals surface area contributed by atoms with Crippen molar-refractivity contribution < 1.29 is 4.79 Å². The highest BCUT2D eigenvalue weighted by atomic mass is 35.5. The van der Waals surface area contributed by atoms with E-state index in [0.29, 0.717) is 5.78 Å². The summed E-state index contributed by atoms with van der Waals surface area (Å²) < 4.78 is -0.827. The molecule has 0 aromatic heterocycles. The fourth-order valence-corrected chi connectivity index (χ4v) is 10.7. The van der Waals surface area contributed by atoms with Gasteiger partial charge in [-0.25, -0.2) is 0 Å². The monoisotopic (exact) mass is 494 g/mol. The largest absolute Gasteiger partial charge is 0.298 e. The van der Waals surface area contributed by atoms with Crippen LogP contribution >= 0.6 is 23.2 Å². The number of Topliss-reactive ketones (excluding diaryl/α,β-unsaturated/α-hetero) is 1. The standard InChI is InChI=1S/C30H48Cl2O/c1-3-21-5-9-23(10-6-21)25-13-17-28(18-14-25)27(33)29(30(28,31)32)19-15-26(16-20-29)24-11-7-22(4-2)8-12-24/h21-26H,3-20H2,1-2H3/t21?,22?,23?,24?,25-,26?,28+,29-. The number of halogens is 2. The Kier molecular flexibility index (Phi) is 7.26. The molecule has 0 saturated heterocycles. The maximum Gasteiger partial charge on any atom is 0.151 e. The molecule has 33 heavy (non-hydrogen) atoms. The van der Waals surface area contributed by atoms with Gasteiger partial charge in [0, 0.05) is 0 Å². The summed E-state index contributed by atoms with van der Waals surface area (Å²) in [5.41, 5.74) is -0.863. The number of carbonyl (C=O) groups is 1. The van der Waals surface area contributed by atoms with Gasteiger partial charge in [-0.1, -0.05) is 75.6 Å². The molecule has 0 amide bonds. The van der Waals surface area contributed by atoms with Crippen LogP contribution in [0.5, 0.6) is 0 Å². The van der Waals surface area contributed by atoms with Crippen LogP contribution in [0.4, 0.5) is 0 Å². The van der Waals surface area contributed by atoms with E-state index >= 15 is 0 Å². The van der Waals surface area contributed by atoms with Gasteiger partial charge >= 0.3 is 0 Å². The highest BCUT2D eigenvalue weighted by molar-refractivity contribution is 6.55. The number of ketones is 1. The van der Waals surface area contributed by atoms with Gasteiger partial charge in [0.1, 0.15) is 4.33 Å². The van der Waals surface area contributed by atoms with E-state index in [2.05, 4.69) is 13.8 Å². The minimum absolute atomic E-state index is 0.431. The molecule has 0 heterocycles. The minimum atomic E-state index is -0.827. The molecule has 188 valence electrons. The molecule has 1 nitrogen and oxygen atoms in total. The van der Waals surface area contributed by atoms with Gasteiger partial charge in [-0.3, -0.25) is 4.79 Å². The lowest BCUT2D eigenvalue weighted by Gasteiger charge is -2.67. The van der Waals surface area contributed by atoms with Gasteiger partial charge < -0.3 is 0 Å². The summed E-state index contributed by atoms with van der Waals surface area (Å²) in [6.07, 6.45) is 22.5. The second-order valence-corrected chi connectivity index (χ2v) is 14.4. The van der Waals surface area contributed by atoms with E-state index in [1.54, 1.807) is 0 Å². The van der Waals surface area contributed by atoms with Gasteiger partial charge in [-0.05, 0) is 113 Å². The normalized spacial score (nSPS) is 48.1. The number of hydrogen-bond donors (Lipinski definition) is 0. The number of hydrogen-bond acceptors (Lipinski definition) is 1. The van der Waals surface area contributed by atoms with E-state index in [-0.39, 0.29) is 0 Å². The minimum Gasteiger partial charge on any atom is -0.298 e. The molecule has 0 unspecified atom stereocenters. The van der Waals surface area contributed by atoms with Crippen LogP contribution in [0.2, 0.25) is 0 Å². The highest BCUT2D eigenvalue weighted by Gasteiger charge is 2.79. The number of alkyl halides is 2. The predicted molar refractivity (Wildman–Crippen MR) is 140 cm³/mol. The molecule has 0 aromatic rings. The third kappa shape index (κ3) is 3.97. The van der Waals surface area contributed by atoms with Crippen LogP contribution in [-0.2, 0) is 4.79 Å². The molecule has 0 bridgehead atoms. The fourth-order valence-electron chi connectivity index (χ4n) is 9.57. The summed E-state index contributed by atoms with van der Waals surface area (Å²) in [5.74, 6) is 5.76. The molecule has 5 fully saturated rings. The second-order valence-electron chi connectivity index (χ2n) is 13.1. The Morgan fingerprint density at radius 1 is 0.576 bits per heavy atom. The van der Waals surface area contributed by atoms with Gasteiger partial charge in [0.2, 0.25) is 0 Å². The first kappa shape index (κ1) is 24.9. The van der Waals surface area contributed by atoms with Crippen molar-refractivity contribution in [1.82, 2.24) is 0 Å². The first-order chi connectivity index (χ1) is 15.9. The quantitative estimate of drug-likeness (QED) is 0.355. The molecular weight excluding hydrogens is 447 g/mol.